The Morgan fingerprint density at radius 2 is 2.14 bits per heavy atom. The number of anilines is 1. The Morgan fingerprint density at radius 3 is 2.67 bits per heavy atom. The second-order valence-corrected chi connectivity index (χ2v) is 5.71. The molecule has 2 heterocycles. The molecule has 0 aliphatic rings. The van der Waals surface area contributed by atoms with Crippen LogP contribution in [0.25, 0.3) is 0 Å². The van der Waals surface area contributed by atoms with Gasteiger partial charge in [0.05, 0.1) is 5.69 Å². The van der Waals surface area contributed by atoms with Gasteiger partial charge in [-0.3, -0.25) is 9.48 Å². The first-order valence-electron chi connectivity index (χ1n) is 6.43. The number of nitriles is 1. The van der Waals surface area contributed by atoms with Crippen molar-refractivity contribution in [2.75, 3.05) is 5.32 Å². The number of nitrogens with zero attached hydrogens (tertiary/aromatic N) is 6. The van der Waals surface area contributed by atoms with Crippen LogP contribution in [-0.4, -0.2) is 30.5 Å². The summed E-state index contributed by atoms with van der Waals surface area (Å²) in [5.74, 6) is 0.400. The molecule has 8 heteroatoms. The Labute approximate surface area is 122 Å². The van der Waals surface area contributed by atoms with E-state index in [1.165, 1.54) is 11.0 Å². The summed E-state index contributed by atoms with van der Waals surface area (Å²) < 4.78 is 2.94. The summed E-state index contributed by atoms with van der Waals surface area (Å²) in [6, 6.07) is 3.66. The molecule has 0 aliphatic carbocycles. The molecule has 2 aromatic rings. The van der Waals surface area contributed by atoms with E-state index in [1.807, 2.05) is 12.1 Å². The van der Waals surface area contributed by atoms with Gasteiger partial charge in [0.2, 0.25) is 5.91 Å². The molecule has 1 amide bonds. The molecule has 0 aromatic carbocycles. The van der Waals surface area contributed by atoms with E-state index >= 15 is 0 Å². The Hall–Kier alpha value is -2.69. The quantitative estimate of drug-likeness (QED) is 0.900. The van der Waals surface area contributed by atoms with Crippen molar-refractivity contribution in [1.82, 2.24) is 24.5 Å². The Balaban J connectivity index is 2.06. The van der Waals surface area contributed by atoms with E-state index < -0.39 is 0 Å². The minimum Gasteiger partial charge on any atom is -0.309 e. The molecule has 0 fully saturated rings. The maximum absolute atomic E-state index is 12.0. The largest absolute Gasteiger partial charge is 0.309 e. The zero-order valence-electron chi connectivity index (χ0n) is 12.5. The molecule has 0 saturated carbocycles. The summed E-state index contributed by atoms with van der Waals surface area (Å²) in [6.45, 7) is 6.16. The third-order valence-corrected chi connectivity index (χ3v) is 2.86. The van der Waals surface area contributed by atoms with Crippen molar-refractivity contribution >= 4 is 11.7 Å². The van der Waals surface area contributed by atoms with Gasteiger partial charge in [-0.25, -0.2) is 9.67 Å². The SMILES string of the molecule is Cn1nc(C(C)(C)C)cc1NC(=O)Cn1cnc(C#N)n1. The lowest BCUT2D eigenvalue weighted by molar-refractivity contribution is -0.117. The number of hydrogen-bond acceptors (Lipinski definition) is 5. The molecule has 21 heavy (non-hydrogen) atoms. The van der Waals surface area contributed by atoms with Crippen LogP contribution in [0.1, 0.15) is 32.3 Å². The second kappa shape index (κ2) is 5.36. The molecule has 0 atom stereocenters. The van der Waals surface area contributed by atoms with Crippen LogP contribution < -0.4 is 5.32 Å². The van der Waals surface area contributed by atoms with Gasteiger partial charge in [0.25, 0.3) is 5.82 Å². The Bertz CT molecular complexity index is 699. The zero-order chi connectivity index (χ0) is 15.6. The van der Waals surface area contributed by atoms with Crippen LogP contribution >= 0.6 is 0 Å². The van der Waals surface area contributed by atoms with Gasteiger partial charge in [0.1, 0.15) is 24.8 Å². The van der Waals surface area contributed by atoms with Crippen LogP contribution in [0.3, 0.4) is 0 Å². The number of amides is 1. The second-order valence-electron chi connectivity index (χ2n) is 5.71. The fraction of sp³-hybridized carbons (Fsp3) is 0.462. The summed E-state index contributed by atoms with van der Waals surface area (Å²) in [6.07, 6.45) is 1.35. The third-order valence-electron chi connectivity index (χ3n) is 2.86. The molecule has 0 saturated heterocycles. The third kappa shape index (κ3) is 3.45. The van der Waals surface area contributed by atoms with Crippen molar-refractivity contribution in [1.29, 1.82) is 5.26 Å². The molecule has 0 aliphatic heterocycles. The monoisotopic (exact) mass is 287 g/mol. The summed E-state index contributed by atoms with van der Waals surface area (Å²) >= 11 is 0. The van der Waals surface area contributed by atoms with E-state index in [0.717, 1.165) is 5.69 Å². The summed E-state index contributed by atoms with van der Waals surface area (Å²) in [7, 11) is 1.77. The van der Waals surface area contributed by atoms with Crippen LogP contribution in [0.5, 0.6) is 0 Å². The number of aromatic nitrogens is 5. The average molecular weight is 287 g/mol. The molecule has 0 unspecified atom stereocenters. The molecule has 1 N–H and O–H groups in total. The number of carbonyl (C=O) groups excluding carboxylic acids is 1. The normalized spacial score (nSPS) is 11.2. The van der Waals surface area contributed by atoms with Gasteiger partial charge >= 0.3 is 0 Å². The van der Waals surface area contributed by atoms with Gasteiger partial charge in [-0.2, -0.15) is 10.4 Å². The molecular formula is C13H17N7O. The van der Waals surface area contributed by atoms with E-state index in [2.05, 4.69) is 41.3 Å². The number of aryl methyl sites for hydroxylation is 1. The van der Waals surface area contributed by atoms with Gasteiger partial charge < -0.3 is 5.32 Å². The highest BCUT2D eigenvalue weighted by molar-refractivity contribution is 5.89. The fourth-order valence-corrected chi connectivity index (χ4v) is 1.70. The van der Waals surface area contributed by atoms with E-state index in [-0.39, 0.29) is 23.7 Å². The van der Waals surface area contributed by atoms with Crippen molar-refractivity contribution in [3.05, 3.63) is 23.9 Å². The van der Waals surface area contributed by atoms with E-state index in [0.29, 0.717) is 5.82 Å². The Kier molecular flexibility index (Phi) is 3.76. The molecule has 0 spiro atoms. The maximum atomic E-state index is 12.0. The minimum atomic E-state index is -0.257. The number of carbonyl (C=O) groups is 1. The topological polar surface area (TPSA) is 101 Å². The maximum Gasteiger partial charge on any atom is 0.252 e. The first-order chi connectivity index (χ1) is 9.79. The zero-order valence-corrected chi connectivity index (χ0v) is 12.5. The summed E-state index contributed by atoms with van der Waals surface area (Å²) in [5.41, 5.74) is 0.807. The van der Waals surface area contributed by atoms with Crippen LogP contribution in [0.4, 0.5) is 5.82 Å². The molecule has 110 valence electrons. The van der Waals surface area contributed by atoms with E-state index in [4.69, 9.17) is 5.26 Å². The van der Waals surface area contributed by atoms with Gasteiger partial charge in [-0.15, -0.1) is 5.10 Å². The van der Waals surface area contributed by atoms with Gasteiger partial charge in [-0.05, 0) is 0 Å². The highest BCUT2D eigenvalue weighted by Gasteiger charge is 2.19. The predicted octanol–water partition coefficient (Wildman–Crippen LogP) is 0.819. The molecule has 8 nitrogen and oxygen atoms in total. The smallest absolute Gasteiger partial charge is 0.252 e. The lowest BCUT2D eigenvalue weighted by Gasteiger charge is -2.13. The van der Waals surface area contributed by atoms with Crippen LogP contribution in [0.2, 0.25) is 0 Å². The Morgan fingerprint density at radius 1 is 1.43 bits per heavy atom. The van der Waals surface area contributed by atoms with Gasteiger partial charge in [-0.1, -0.05) is 20.8 Å². The van der Waals surface area contributed by atoms with Crippen molar-refractivity contribution in [2.45, 2.75) is 32.7 Å². The van der Waals surface area contributed by atoms with Gasteiger partial charge in [0, 0.05) is 18.5 Å². The van der Waals surface area contributed by atoms with Crippen molar-refractivity contribution in [2.24, 2.45) is 7.05 Å². The lowest BCUT2D eigenvalue weighted by Crippen LogP contribution is -2.20. The van der Waals surface area contributed by atoms with Crippen molar-refractivity contribution < 1.29 is 4.79 Å². The molecule has 0 bridgehead atoms. The standard InChI is InChI=1S/C13H17N7O/c1-13(2,3)9-5-11(19(4)17-9)16-12(21)7-20-8-15-10(6-14)18-20/h5,8H,7H2,1-4H3,(H,16,21). The number of hydrogen-bond donors (Lipinski definition) is 1. The average Bonchev–Trinajstić information content (AvgIpc) is 2.96. The molecule has 2 aromatic heterocycles. The number of rotatable bonds is 3. The highest BCUT2D eigenvalue weighted by Crippen LogP contribution is 2.23. The van der Waals surface area contributed by atoms with Crippen LogP contribution in [0, 0.1) is 11.3 Å². The molecular weight excluding hydrogens is 270 g/mol. The number of nitrogens with one attached hydrogen (secondary N) is 1. The summed E-state index contributed by atoms with van der Waals surface area (Å²) in [5, 5.41) is 19.6. The predicted molar refractivity (Wildman–Crippen MR) is 75.3 cm³/mol. The van der Waals surface area contributed by atoms with E-state index in [9.17, 15) is 4.79 Å². The molecule has 0 radical (unpaired) electrons. The van der Waals surface area contributed by atoms with Crippen molar-refractivity contribution in [3.8, 4) is 6.07 Å². The van der Waals surface area contributed by atoms with Crippen LogP contribution in [0.15, 0.2) is 12.4 Å². The first kappa shape index (κ1) is 14.7. The summed E-state index contributed by atoms with van der Waals surface area (Å²) in [4.78, 5) is 15.7. The van der Waals surface area contributed by atoms with E-state index in [1.54, 1.807) is 11.7 Å². The van der Waals surface area contributed by atoms with Gasteiger partial charge in [0.15, 0.2) is 0 Å². The molecule has 2 rings (SSSR count). The lowest BCUT2D eigenvalue weighted by atomic mass is 9.92. The fourth-order valence-electron chi connectivity index (χ4n) is 1.70. The first-order valence-corrected chi connectivity index (χ1v) is 6.43. The van der Waals surface area contributed by atoms with Crippen LogP contribution in [-0.2, 0) is 23.8 Å². The van der Waals surface area contributed by atoms with Crippen molar-refractivity contribution in [3.63, 3.8) is 0 Å². The minimum absolute atomic E-state index is 0.00922. The highest BCUT2D eigenvalue weighted by atomic mass is 16.2.